The van der Waals surface area contributed by atoms with E-state index in [0.717, 1.165) is 6.08 Å². The fourth-order valence-corrected chi connectivity index (χ4v) is 9.16. The number of ketones is 2. The molecule has 1 aromatic heterocycles. The van der Waals surface area contributed by atoms with Gasteiger partial charge in [0.25, 0.3) is 0 Å². The van der Waals surface area contributed by atoms with Gasteiger partial charge in [-0.1, -0.05) is 24.8 Å². The number of furan rings is 1. The van der Waals surface area contributed by atoms with Crippen LogP contribution in [0.2, 0.25) is 0 Å². The summed E-state index contributed by atoms with van der Waals surface area (Å²) in [5, 5.41) is 11.7. The second-order valence-corrected chi connectivity index (χ2v) is 15.0. The van der Waals surface area contributed by atoms with Gasteiger partial charge in [-0.2, -0.15) is 0 Å². The van der Waals surface area contributed by atoms with Crippen molar-refractivity contribution in [3.8, 4) is 11.8 Å². The summed E-state index contributed by atoms with van der Waals surface area (Å²) in [5.74, 6) is 0.517. The number of alkyl halides is 3. The molecular formula is C37H43F3O8. The van der Waals surface area contributed by atoms with E-state index in [1.54, 1.807) is 13.8 Å². The molecule has 11 heteroatoms. The van der Waals surface area contributed by atoms with Crippen LogP contribution >= 0.6 is 0 Å². The van der Waals surface area contributed by atoms with Crippen LogP contribution in [0.5, 0.6) is 0 Å². The second-order valence-electron chi connectivity index (χ2n) is 15.0. The van der Waals surface area contributed by atoms with E-state index in [2.05, 4.69) is 11.8 Å². The van der Waals surface area contributed by atoms with Crippen LogP contribution in [0.3, 0.4) is 0 Å². The Balaban J connectivity index is 1.39. The first kappa shape index (κ1) is 35.7. The first-order valence-electron chi connectivity index (χ1n) is 16.4. The molecule has 1 aromatic rings. The van der Waals surface area contributed by atoms with Crippen LogP contribution in [0, 0.1) is 40.4 Å². The number of hydrogen-bond donors (Lipinski definition) is 1. The number of halogens is 3. The van der Waals surface area contributed by atoms with E-state index < -0.39 is 81.9 Å². The van der Waals surface area contributed by atoms with Gasteiger partial charge in [0.15, 0.2) is 18.1 Å². The average Bonchev–Trinajstić information content (AvgIpc) is 3.59. The van der Waals surface area contributed by atoms with Gasteiger partial charge >= 0.3 is 11.9 Å². The summed E-state index contributed by atoms with van der Waals surface area (Å²) >= 11 is 0. The van der Waals surface area contributed by atoms with Gasteiger partial charge in [0.2, 0.25) is 5.76 Å². The van der Waals surface area contributed by atoms with Crippen molar-refractivity contribution < 1.29 is 51.3 Å². The Morgan fingerprint density at radius 3 is 2.54 bits per heavy atom. The molecule has 0 bridgehead atoms. The van der Waals surface area contributed by atoms with Gasteiger partial charge in [-0.15, -0.1) is 0 Å². The maximum atomic E-state index is 17.7. The zero-order valence-corrected chi connectivity index (χ0v) is 27.9. The Hall–Kier alpha value is -3.65. The lowest BCUT2D eigenvalue weighted by molar-refractivity contribution is -0.202. The van der Waals surface area contributed by atoms with Crippen molar-refractivity contribution in [2.24, 2.45) is 28.6 Å². The Bertz CT molecular complexity index is 1580. The molecule has 3 saturated carbocycles. The van der Waals surface area contributed by atoms with Crippen LogP contribution in [0.4, 0.5) is 13.2 Å². The van der Waals surface area contributed by atoms with E-state index in [-0.39, 0.29) is 55.8 Å². The quantitative estimate of drug-likeness (QED) is 0.188. The summed E-state index contributed by atoms with van der Waals surface area (Å²) in [7, 11) is 0. The summed E-state index contributed by atoms with van der Waals surface area (Å²) in [5.41, 5.74) is -8.18. The van der Waals surface area contributed by atoms with Crippen molar-refractivity contribution in [1.82, 2.24) is 0 Å². The molecule has 0 aromatic carbocycles. The molecule has 1 N–H and O–H groups in total. The number of carbonyl (C=O) groups is 4. The number of hydrogen-bond acceptors (Lipinski definition) is 8. The lowest BCUT2D eigenvalue weighted by atomic mass is 9.44. The summed E-state index contributed by atoms with van der Waals surface area (Å²) < 4.78 is 63.4. The molecule has 8 nitrogen and oxygen atoms in total. The van der Waals surface area contributed by atoms with Crippen LogP contribution in [0.1, 0.15) is 90.1 Å². The van der Waals surface area contributed by atoms with Gasteiger partial charge in [0.05, 0.1) is 24.7 Å². The van der Waals surface area contributed by atoms with E-state index >= 15 is 8.78 Å². The monoisotopic (exact) mass is 672 g/mol. The topological polar surface area (TPSA) is 120 Å². The molecule has 0 aliphatic heterocycles. The number of esters is 2. The number of fused-ring (bicyclic) bond motifs is 5. The van der Waals surface area contributed by atoms with Crippen molar-refractivity contribution in [2.75, 3.05) is 6.61 Å². The van der Waals surface area contributed by atoms with Gasteiger partial charge < -0.3 is 19.0 Å². The lowest BCUT2D eigenvalue weighted by Gasteiger charge is -2.62. The highest BCUT2D eigenvalue weighted by Gasteiger charge is 2.75. The Morgan fingerprint density at radius 2 is 1.88 bits per heavy atom. The van der Waals surface area contributed by atoms with E-state index in [9.17, 15) is 28.7 Å². The van der Waals surface area contributed by atoms with Crippen LogP contribution in [-0.2, 0) is 23.9 Å². The Kier molecular flexibility index (Phi) is 9.41. The lowest BCUT2D eigenvalue weighted by Crippen LogP contribution is -2.68. The van der Waals surface area contributed by atoms with Crippen molar-refractivity contribution in [1.29, 1.82) is 0 Å². The molecule has 9 atom stereocenters. The number of carbonyl (C=O) groups excluding carboxylic acids is 4. The molecule has 0 saturated heterocycles. The summed E-state index contributed by atoms with van der Waals surface area (Å²) in [6, 6.07) is 2.95. The van der Waals surface area contributed by atoms with E-state index in [1.165, 1.54) is 51.3 Å². The molecule has 0 amide bonds. The van der Waals surface area contributed by atoms with Crippen molar-refractivity contribution in [2.45, 2.75) is 109 Å². The summed E-state index contributed by atoms with van der Waals surface area (Å²) in [4.78, 5) is 51.3. The first-order chi connectivity index (χ1) is 22.4. The van der Waals surface area contributed by atoms with Crippen molar-refractivity contribution in [3.05, 3.63) is 48.0 Å². The third-order valence-corrected chi connectivity index (χ3v) is 11.0. The standard InChI is InChI=1S/C37H43F3O8/c1-33(2,39)21-30(44)47-15-9-7-6-8-11-27(42)31-34(3)20-29(43)37(40)23(18-26(38)24-17-22(41)13-14-35(24,37)4)25(34)19-36(31,5)48-32(45)28-12-10-16-46-28/h10,12-14,16-17,23,25-26,29,31,43H,6,8,11,15,18-21H2,1-5H3. The average molecular weight is 673 g/mol. The minimum Gasteiger partial charge on any atom is -0.457 e. The Morgan fingerprint density at radius 1 is 1.15 bits per heavy atom. The first-order valence-corrected chi connectivity index (χ1v) is 16.4. The number of Topliss-reactive ketones (excluding diaryl/α,β-unsaturated/α-hetero) is 1. The van der Waals surface area contributed by atoms with Crippen molar-refractivity contribution in [3.63, 3.8) is 0 Å². The minimum absolute atomic E-state index is 0.00355. The number of unbranched alkanes of at least 4 members (excludes halogenated alkanes) is 1. The predicted octanol–water partition coefficient (Wildman–Crippen LogP) is 6.16. The fourth-order valence-electron chi connectivity index (χ4n) is 9.16. The van der Waals surface area contributed by atoms with E-state index in [4.69, 9.17) is 13.9 Å². The summed E-state index contributed by atoms with van der Waals surface area (Å²) in [6.45, 7) is 7.23. The zero-order chi connectivity index (χ0) is 35.3. The molecule has 3 fully saturated rings. The highest BCUT2D eigenvalue weighted by molar-refractivity contribution is 6.01. The molecular weight excluding hydrogens is 629 g/mol. The zero-order valence-electron chi connectivity index (χ0n) is 27.9. The molecule has 0 radical (unpaired) electrons. The number of aliphatic hydroxyl groups excluding tert-OH is 1. The molecule has 5 rings (SSSR count). The van der Waals surface area contributed by atoms with E-state index in [0.29, 0.717) is 6.42 Å². The number of aliphatic hydroxyl groups is 1. The molecule has 260 valence electrons. The third-order valence-electron chi connectivity index (χ3n) is 11.0. The van der Waals surface area contributed by atoms with Crippen LogP contribution in [-0.4, -0.2) is 64.4 Å². The van der Waals surface area contributed by atoms with Crippen LogP contribution < -0.4 is 0 Å². The highest BCUT2D eigenvalue weighted by Crippen LogP contribution is 2.71. The maximum Gasteiger partial charge on any atom is 0.374 e. The van der Waals surface area contributed by atoms with Crippen molar-refractivity contribution >= 4 is 23.5 Å². The fraction of sp³-hybridized carbons (Fsp3) is 0.622. The molecule has 4 aliphatic carbocycles. The van der Waals surface area contributed by atoms with E-state index in [1.807, 2.05) is 0 Å². The maximum absolute atomic E-state index is 17.7. The van der Waals surface area contributed by atoms with Gasteiger partial charge in [-0.25, -0.2) is 18.0 Å². The molecule has 4 aliphatic rings. The Labute approximate surface area is 278 Å². The van der Waals surface area contributed by atoms with Crippen LogP contribution in [0.25, 0.3) is 0 Å². The number of rotatable bonds is 9. The normalized spacial score (nSPS) is 36.9. The minimum atomic E-state index is -2.36. The number of allylic oxidation sites excluding steroid dienone is 4. The summed E-state index contributed by atoms with van der Waals surface area (Å²) in [6.07, 6.45) is 1.52. The highest BCUT2D eigenvalue weighted by atomic mass is 19.2. The SMILES string of the molecule is CC(C)(F)CC(=O)OCC#CCCCC(=O)C1C(C)(OC(=O)c2ccco2)CC2C3CC(F)C4=CC(=O)C=CC4(C)C3(F)C(O)CC21C. The molecule has 0 spiro atoms. The van der Waals surface area contributed by atoms with Gasteiger partial charge in [-0.3, -0.25) is 14.4 Å². The smallest absolute Gasteiger partial charge is 0.374 e. The molecule has 1 heterocycles. The molecule has 9 unspecified atom stereocenters. The van der Waals surface area contributed by atoms with Gasteiger partial charge in [0.1, 0.15) is 23.2 Å². The van der Waals surface area contributed by atoms with Crippen LogP contribution in [0.15, 0.2) is 46.6 Å². The largest absolute Gasteiger partial charge is 0.457 e. The van der Waals surface area contributed by atoms with Gasteiger partial charge in [-0.05, 0) is 94.6 Å². The predicted molar refractivity (Wildman–Crippen MR) is 167 cm³/mol. The molecule has 48 heavy (non-hydrogen) atoms. The third kappa shape index (κ3) is 6.17. The number of ether oxygens (including phenoxy) is 2. The second kappa shape index (κ2) is 12.7. The van der Waals surface area contributed by atoms with Gasteiger partial charge in [0, 0.05) is 24.2 Å².